The number of thiophene rings is 1. The smallest absolute Gasteiger partial charge is 0.119 e. The van der Waals surface area contributed by atoms with Crippen LogP contribution in [-0.4, -0.2) is 35.3 Å². The number of nitrogens with zero attached hydrogens (tertiary/aromatic N) is 1. The van der Waals surface area contributed by atoms with Crippen LogP contribution in [0.1, 0.15) is 34.4 Å². The van der Waals surface area contributed by atoms with E-state index in [1.165, 1.54) is 21.6 Å². The van der Waals surface area contributed by atoms with Crippen molar-refractivity contribution in [1.29, 1.82) is 0 Å². The zero-order valence-electron chi connectivity index (χ0n) is 14.8. The van der Waals surface area contributed by atoms with Crippen molar-refractivity contribution >= 4 is 11.3 Å². The molecule has 3 rings (SSSR count). The molecule has 24 heavy (non-hydrogen) atoms. The number of hydrogen-bond acceptors (Lipinski definition) is 4. The minimum atomic E-state index is -0.709. The van der Waals surface area contributed by atoms with Crippen LogP contribution in [0.5, 0.6) is 5.75 Å². The number of ether oxygens (including phenoxy) is 1. The van der Waals surface area contributed by atoms with E-state index in [0.717, 1.165) is 38.2 Å². The molecule has 0 aliphatic carbocycles. The zero-order valence-corrected chi connectivity index (χ0v) is 15.7. The quantitative estimate of drug-likeness (QED) is 0.886. The molecule has 130 valence electrons. The Hall–Kier alpha value is -1.36. The molecule has 0 spiro atoms. The van der Waals surface area contributed by atoms with Crippen LogP contribution in [0.2, 0.25) is 0 Å². The van der Waals surface area contributed by atoms with Gasteiger partial charge in [0.2, 0.25) is 0 Å². The molecule has 0 radical (unpaired) electrons. The Balaban J connectivity index is 1.51. The summed E-state index contributed by atoms with van der Waals surface area (Å²) in [4.78, 5) is 3.87. The van der Waals surface area contributed by atoms with E-state index in [9.17, 15) is 5.11 Å². The highest BCUT2D eigenvalue weighted by Crippen LogP contribution is 2.27. The standard InChI is InChI=1S/C20H27NO2S/c1-15-4-5-18(12-17(15)3)23-14-20(22)7-9-21(10-8-20)13-19-16(2)6-11-24-19/h4-6,11-12,22H,7-10,13-14H2,1-3H3. The van der Waals surface area contributed by atoms with Gasteiger partial charge in [0.25, 0.3) is 0 Å². The Morgan fingerprint density at radius 3 is 2.46 bits per heavy atom. The summed E-state index contributed by atoms with van der Waals surface area (Å²) in [7, 11) is 0. The molecule has 0 unspecified atom stereocenters. The van der Waals surface area contributed by atoms with Crippen molar-refractivity contribution in [3.8, 4) is 5.75 Å². The van der Waals surface area contributed by atoms with Gasteiger partial charge >= 0.3 is 0 Å². The number of piperidine rings is 1. The minimum absolute atomic E-state index is 0.376. The molecule has 0 amide bonds. The molecule has 1 fully saturated rings. The van der Waals surface area contributed by atoms with Gasteiger partial charge in [-0.15, -0.1) is 11.3 Å². The average Bonchev–Trinajstić information content (AvgIpc) is 2.96. The van der Waals surface area contributed by atoms with Crippen LogP contribution in [0.25, 0.3) is 0 Å². The molecule has 1 aliphatic heterocycles. The SMILES string of the molecule is Cc1ccc(OCC2(O)CCN(Cc3sccc3C)CC2)cc1C. The third-order valence-electron chi connectivity index (χ3n) is 5.11. The van der Waals surface area contributed by atoms with Crippen molar-refractivity contribution in [1.82, 2.24) is 4.90 Å². The van der Waals surface area contributed by atoms with E-state index < -0.39 is 5.60 Å². The Labute approximate surface area is 148 Å². The van der Waals surface area contributed by atoms with Crippen LogP contribution < -0.4 is 4.74 Å². The van der Waals surface area contributed by atoms with Gasteiger partial charge in [-0.05, 0) is 73.9 Å². The van der Waals surface area contributed by atoms with Gasteiger partial charge in [0.05, 0.1) is 0 Å². The van der Waals surface area contributed by atoms with Gasteiger partial charge in [-0.3, -0.25) is 4.90 Å². The highest BCUT2D eigenvalue weighted by atomic mass is 32.1. The maximum atomic E-state index is 10.8. The summed E-state index contributed by atoms with van der Waals surface area (Å²) in [5, 5.41) is 13.0. The molecule has 2 aromatic rings. The molecular weight excluding hydrogens is 318 g/mol. The van der Waals surface area contributed by atoms with E-state index >= 15 is 0 Å². The van der Waals surface area contributed by atoms with Crippen LogP contribution in [0.3, 0.4) is 0 Å². The van der Waals surface area contributed by atoms with E-state index in [2.05, 4.69) is 43.2 Å². The van der Waals surface area contributed by atoms with Crippen molar-refractivity contribution in [2.75, 3.05) is 19.7 Å². The fourth-order valence-corrected chi connectivity index (χ4v) is 4.01. The van der Waals surface area contributed by atoms with Gasteiger partial charge in [0.15, 0.2) is 0 Å². The average molecular weight is 346 g/mol. The first-order valence-corrected chi connectivity index (χ1v) is 9.51. The molecule has 1 N–H and O–H groups in total. The Morgan fingerprint density at radius 1 is 1.08 bits per heavy atom. The molecule has 1 aromatic heterocycles. The van der Waals surface area contributed by atoms with E-state index in [1.54, 1.807) is 0 Å². The topological polar surface area (TPSA) is 32.7 Å². The van der Waals surface area contributed by atoms with E-state index in [-0.39, 0.29) is 0 Å². The fraction of sp³-hybridized carbons (Fsp3) is 0.500. The van der Waals surface area contributed by atoms with Crippen molar-refractivity contribution in [2.24, 2.45) is 0 Å². The summed E-state index contributed by atoms with van der Waals surface area (Å²) in [6, 6.07) is 8.28. The molecule has 3 nitrogen and oxygen atoms in total. The van der Waals surface area contributed by atoms with Crippen LogP contribution in [0.15, 0.2) is 29.6 Å². The fourth-order valence-electron chi connectivity index (χ4n) is 3.06. The highest BCUT2D eigenvalue weighted by Gasteiger charge is 2.33. The van der Waals surface area contributed by atoms with Crippen LogP contribution in [-0.2, 0) is 6.54 Å². The Kier molecular flexibility index (Phi) is 5.28. The van der Waals surface area contributed by atoms with E-state index in [1.807, 2.05) is 23.5 Å². The van der Waals surface area contributed by atoms with Gasteiger partial charge in [-0.2, -0.15) is 0 Å². The lowest BCUT2D eigenvalue weighted by atomic mass is 9.92. The predicted octanol–water partition coefficient (Wildman–Crippen LogP) is 4.08. The Morgan fingerprint density at radius 2 is 1.83 bits per heavy atom. The lowest BCUT2D eigenvalue weighted by Gasteiger charge is -2.37. The number of rotatable bonds is 5. The number of hydrogen-bond donors (Lipinski definition) is 1. The Bertz CT molecular complexity index is 687. The summed E-state index contributed by atoms with van der Waals surface area (Å²) >= 11 is 1.82. The first kappa shape index (κ1) is 17.5. The van der Waals surface area contributed by atoms with Crippen molar-refractivity contribution in [3.63, 3.8) is 0 Å². The number of benzene rings is 1. The summed E-state index contributed by atoms with van der Waals surface area (Å²) in [6.07, 6.45) is 1.53. The summed E-state index contributed by atoms with van der Waals surface area (Å²) in [6.45, 7) is 9.57. The zero-order chi connectivity index (χ0) is 17.2. The normalized spacial score (nSPS) is 17.8. The molecule has 2 heterocycles. The molecule has 0 atom stereocenters. The van der Waals surface area contributed by atoms with E-state index in [0.29, 0.717) is 6.61 Å². The summed E-state index contributed by atoms with van der Waals surface area (Å²) < 4.78 is 5.88. The van der Waals surface area contributed by atoms with Crippen LogP contribution >= 0.6 is 11.3 Å². The second-order valence-electron chi connectivity index (χ2n) is 7.06. The maximum Gasteiger partial charge on any atom is 0.119 e. The molecule has 4 heteroatoms. The van der Waals surface area contributed by atoms with Gasteiger partial charge in [-0.25, -0.2) is 0 Å². The minimum Gasteiger partial charge on any atom is -0.491 e. The van der Waals surface area contributed by atoms with E-state index in [4.69, 9.17) is 4.74 Å². The summed E-state index contributed by atoms with van der Waals surface area (Å²) in [5.41, 5.74) is 3.15. The van der Waals surface area contributed by atoms with Gasteiger partial charge in [0.1, 0.15) is 18.0 Å². The predicted molar refractivity (Wildman–Crippen MR) is 99.9 cm³/mol. The van der Waals surface area contributed by atoms with Gasteiger partial charge in [0, 0.05) is 24.5 Å². The number of aliphatic hydroxyl groups is 1. The van der Waals surface area contributed by atoms with Gasteiger partial charge < -0.3 is 9.84 Å². The number of aryl methyl sites for hydroxylation is 3. The van der Waals surface area contributed by atoms with Crippen molar-refractivity contribution in [2.45, 2.75) is 45.8 Å². The second-order valence-corrected chi connectivity index (χ2v) is 8.06. The van der Waals surface area contributed by atoms with Crippen molar-refractivity contribution < 1.29 is 9.84 Å². The van der Waals surface area contributed by atoms with Crippen LogP contribution in [0.4, 0.5) is 0 Å². The first-order chi connectivity index (χ1) is 11.5. The maximum absolute atomic E-state index is 10.8. The highest BCUT2D eigenvalue weighted by molar-refractivity contribution is 7.10. The lowest BCUT2D eigenvalue weighted by Crippen LogP contribution is -2.47. The van der Waals surface area contributed by atoms with Crippen LogP contribution in [0, 0.1) is 20.8 Å². The molecule has 0 bridgehead atoms. The molecule has 0 saturated carbocycles. The van der Waals surface area contributed by atoms with Crippen molar-refractivity contribution in [3.05, 3.63) is 51.2 Å². The molecule has 1 aliphatic rings. The molecule has 1 saturated heterocycles. The summed E-state index contributed by atoms with van der Waals surface area (Å²) in [5.74, 6) is 0.850. The lowest BCUT2D eigenvalue weighted by molar-refractivity contribution is -0.0536. The molecular formula is C20H27NO2S. The third kappa shape index (κ3) is 4.18. The van der Waals surface area contributed by atoms with Gasteiger partial charge in [-0.1, -0.05) is 6.07 Å². The largest absolute Gasteiger partial charge is 0.491 e. The first-order valence-electron chi connectivity index (χ1n) is 8.63. The number of likely N-dealkylation sites (tertiary alicyclic amines) is 1. The second kappa shape index (κ2) is 7.26. The molecule has 1 aromatic carbocycles. The third-order valence-corrected chi connectivity index (χ3v) is 6.12. The monoisotopic (exact) mass is 345 g/mol.